The van der Waals surface area contributed by atoms with Gasteiger partial charge in [0, 0.05) is 17.6 Å². The van der Waals surface area contributed by atoms with E-state index in [1.54, 1.807) is 0 Å². The average molecular weight is 344 g/mol. The first-order chi connectivity index (χ1) is 9.31. The molecule has 0 atom stereocenters. The van der Waals surface area contributed by atoms with Crippen LogP contribution in [0.2, 0.25) is 0 Å². The Hall–Kier alpha value is -1.07. The Kier molecular flexibility index (Phi) is 6.49. The van der Waals surface area contributed by atoms with E-state index >= 15 is 0 Å². The summed E-state index contributed by atoms with van der Waals surface area (Å²) in [5.41, 5.74) is 0.613. The zero-order chi connectivity index (χ0) is 15.2. The predicted molar refractivity (Wildman–Crippen MR) is 82.7 cm³/mol. The summed E-state index contributed by atoms with van der Waals surface area (Å²) >= 11 is 3.39. The van der Waals surface area contributed by atoms with E-state index in [1.165, 1.54) is 4.90 Å². The largest absolute Gasteiger partial charge is 0.444 e. The fourth-order valence-electron chi connectivity index (χ4n) is 1.66. The highest BCUT2D eigenvalue weighted by Crippen LogP contribution is 2.13. The number of nitrogens with zero attached hydrogens (tertiary/aromatic N) is 1. The van der Waals surface area contributed by atoms with Gasteiger partial charge in [0.2, 0.25) is 0 Å². The molecule has 0 heterocycles. The molecule has 20 heavy (non-hydrogen) atoms. The van der Waals surface area contributed by atoms with Gasteiger partial charge in [0.25, 0.3) is 0 Å². The van der Waals surface area contributed by atoms with Crippen LogP contribution >= 0.6 is 15.9 Å². The van der Waals surface area contributed by atoms with E-state index in [4.69, 9.17) is 9.84 Å². The maximum atomic E-state index is 12.0. The van der Waals surface area contributed by atoms with Crippen molar-refractivity contribution in [3.63, 3.8) is 0 Å². The molecule has 0 spiro atoms. The second kappa shape index (κ2) is 7.64. The third-order valence-corrected chi connectivity index (χ3v) is 3.13. The molecule has 1 N–H and O–H groups in total. The number of aliphatic hydroxyl groups is 1. The first kappa shape index (κ1) is 17.0. The minimum Gasteiger partial charge on any atom is -0.444 e. The van der Waals surface area contributed by atoms with Gasteiger partial charge in [0.15, 0.2) is 0 Å². The zero-order valence-electron chi connectivity index (χ0n) is 12.2. The van der Waals surface area contributed by atoms with Gasteiger partial charge in [0.05, 0.1) is 6.61 Å². The van der Waals surface area contributed by atoms with Crippen molar-refractivity contribution in [1.82, 2.24) is 4.90 Å². The Bertz CT molecular complexity index is 426. The molecule has 1 aromatic carbocycles. The van der Waals surface area contributed by atoms with E-state index in [9.17, 15) is 4.79 Å². The number of hydrogen-bond acceptors (Lipinski definition) is 3. The second-order valence-electron chi connectivity index (χ2n) is 5.57. The van der Waals surface area contributed by atoms with Crippen molar-refractivity contribution in [3.8, 4) is 0 Å². The molecule has 0 bridgehead atoms. The summed E-state index contributed by atoms with van der Waals surface area (Å²) in [5, 5.41) is 9.06. The van der Waals surface area contributed by atoms with Crippen LogP contribution in [0.25, 0.3) is 0 Å². The van der Waals surface area contributed by atoms with Crippen molar-refractivity contribution in [2.75, 3.05) is 19.7 Å². The lowest BCUT2D eigenvalue weighted by Gasteiger charge is -2.27. The van der Waals surface area contributed by atoms with Gasteiger partial charge in [-0.15, -0.1) is 0 Å². The maximum Gasteiger partial charge on any atom is 0.410 e. The number of rotatable bonds is 5. The summed E-state index contributed by atoms with van der Waals surface area (Å²) in [4.78, 5) is 13.5. The van der Waals surface area contributed by atoms with Crippen LogP contribution in [0.3, 0.4) is 0 Å². The van der Waals surface area contributed by atoms with Gasteiger partial charge < -0.3 is 14.7 Å². The van der Waals surface area contributed by atoms with Crippen LogP contribution in [0, 0.1) is 0 Å². The van der Waals surface area contributed by atoms with Gasteiger partial charge in [-0.2, -0.15) is 0 Å². The van der Waals surface area contributed by atoms with E-state index in [-0.39, 0.29) is 19.2 Å². The molecule has 5 heteroatoms. The molecular formula is C15H22BrNO3. The highest BCUT2D eigenvalue weighted by Gasteiger charge is 2.21. The number of amides is 1. The number of carbonyl (C=O) groups is 1. The van der Waals surface area contributed by atoms with Crippen molar-refractivity contribution in [3.05, 3.63) is 34.3 Å². The molecule has 0 saturated heterocycles. The molecule has 112 valence electrons. The van der Waals surface area contributed by atoms with Gasteiger partial charge in [0.1, 0.15) is 5.60 Å². The first-order valence-electron chi connectivity index (χ1n) is 6.65. The van der Waals surface area contributed by atoms with E-state index in [0.29, 0.717) is 6.54 Å². The number of carbonyl (C=O) groups excluding carboxylic acids is 1. The van der Waals surface area contributed by atoms with Gasteiger partial charge in [-0.3, -0.25) is 0 Å². The van der Waals surface area contributed by atoms with Crippen molar-refractivity contribution >= 4 is 22.0 Å². The molecule has 0 aliphatic carbocycles. The molecular weight excluding hydrogens is 322 g/mol. The minimum absolute atomic E-state index is 0.0699. The van der Waals surface area contributed by atoms with Crippen molar-refractivity contribution in [2.45, 2.75) is 32.8 Å². The lowest BCUT2D eigenvalue weighted by Crippen LogP contribution is -2.39. The van der Waals surface area contributed by atoms with Crippen LogP contribution in [0.5, 0.6) is 0 Å². The van der Waals surface area contributed by atoms with E-state index in [0.717, 1.165) is 16.5 Å². The molecule has 4 nitrogen and oxygen atoms in total. The number of aliphatic hydroxyl groups excluding tert-OH is 1. The Balaban J connectivity index is 2.58. The summed E-state index contributed by atoms with van der Waals surface area (Å²) in [5.74, 6) is 0. The normalized spacial score (nSPS) is 11.2. The van der Waals surface area contributed by atoms with Crippen molar-refractivity contribution < 1.29 is 14.6 Å². The first-order valence-corrected chi connectivity index (χ1v) is 7.44. The standard InChI is InChI=1S/C15H22BrNO3/c1-15(2,3)20-14(19)17(10-11-18)9-8-12-4-6-13(16)7-5-12/h4-7,18H,8-11H2,1-3H3. The summed E-state index contributed by atoms with van der Waals surface area (Å²) in [7, 11) is 0. The van der Waals surface area contributed by atoms with E-state index in [1.807, 2.05) is 45.0 Å². The summed E-state index contributed by atoms with van der Waals surface area (Å²) in [6.07, 6.45) is 0.343. The lowest BCUT2D eigenvalue weighted by molar-refractivity contribution is 0.0221. The van der Waals surface area contributed by atoms with Crippen LogP contribution < -0.4 is 0 Å². The van der Waals surface area contributed by atoms with Crippen LogP contribution in [0.1, 0.15) is 26.3 Å². The molecule has 0 aliphatic heterocycles. The minimum atomic E-state index is -0.525. The Morgan fingerprint density at radius 2 is 1.85 bits per heavy atom. The van der Waals surface area contributed by atoms with Crippen molar-refractivity contribution in [2.24, 2.45) is 0 Å². The predicted octanol–water partition coefficient (Wildman–Crippen LogP) is 3.22. The zero-order valence-corrected chi connectivity index (χ0v) is 13.8. The molecule has 0 radical (unpaired) electrons. The van der Waals surface area contributed by atoms with Crippen molar-refractivity contribution in [1.29, 1.82) is 0 Å². The van der Waals surface area contributed by atoms with Crippen LogP contribution in [0.15, 0.2) is 28.7 Å². The maximum absolute atomic E-state index is 12.0. The number of ether oxygens (including phenoxy) is 1. The Morgan fingerprint density at radius 3 is 2.35 bits per heavy atom. The quantitative estimate of drug-likeness (QED) is 0.892. The fourth-order valence-corrected chi connectivity index (χ4v) is 1.92. The molecule has 1 amide bonds. The summed E-state index contributed by atoms with van der Waals surface area (Å²) in [6.45, 7) is 6.23. The van der Waals surface area contributed by atoms with E-state index < -0.39 is 5.60 Å². The van der Waals surface area contributed by atoms with Gasteiger partial charge in [-0.25, -0.2) is 4.79 Å². The summed E-state index contributed by atoms with van der Waals surface area (Å²) in [6, 6.07) is 7.96. The molecule has 1 rings (SSSR count). The highest BCUT2D eigenvalue weighted by molar-refractivity contribution is 9.10. The number of benzene rings is 1. The number of hydrogen-bond donors (Lipinski definition) is 1. The fraction of sp³-hybridized carbons (Fsp3) is 0.533. The smallest absolute Gasteiger partial charge is 0.410 e. The lowest BCUT2D eigenvalue weighted by atomic mass is 10.1. The van der Waals surface area contributed by atoms with Gasteiger partial charge in [-0.1, -0.05) is 28.1 Å². The topological polar surface area (TPSA) is 49.8 Å². The monoisotopic (exact) mass is 343 g/mol. The third kappa shape index (κ3) is 6.39. The molecule has 1 aromatic rings. The average Bonchev–Trinajstić information content (AvgIpc) is 2.34. The Morgan fingerprint density at radius 1 is 1.25 bits per heavy atom. The van der Waals surface area contributed by atoms with Crippen LogP contribution in [-0.4, -0.2) is 41.4 Å². The van der Waals surface area contributed by atoms with Crippen LogP contribution in [-0.2, 0) is 11.2 Å². The Labute approximate surface area is 128 Å². The highest BCUT2D eigenvalue weighted by atomic mass is 79.9. The molecule has 0 unspecified atom stereocenters. The third-order valence-electron chi connectivity index (χ3n) is 2.61. The molecule has 0 saturated carbocycles. The summed E-state index contributed by atoms with van der Waals surface area (Å²) < 4.78 is 6.36. The molecule has 0 fully saturated rings. The SMILES string of the molecule is CC(C)(C)OC(=O)N(CCO)CCc1ccc(Br)cc1. The van der Waals surface area contributed by atoms with Crippen LogP contribution in [0.4, 0.5) is 4.79 Å². The second-order valence-corrected chi connectivity index (χ2v) is 6.48. The molecule has 0 aromatic heterocycles. The van der Waals surface area contributed by atoms with E-state index in [2.05, 4.69) is 15.9 Å². The molecule has 0 aliphatic rings. The van der Waals surface area contributed by atoms with Gasteiger partial charge in [-0.05, 0) is 44.9 Å². The van der Waals surface area contributed by atoms with Gasteiger partial charge >= 0.3 is 6.09 Å². The number of halogens is 1.